The summed E-state index contributed by atoms with van der Waals surface area (Å²) >= 11 is 0. The second-order valence-electron chi connectivity index (χ2n) is 7.31. The number of hydrogen-bond donors (Lipinski definition) is 2. The van der Waals surface area contributed by atoms with Gasteiger partial charge >= 0.3 is 0 Å². The summed E-state index contributed by atoms with van der Waals surface area (Å²) < 4.78 is 10.6. The molecule has 0 spiro atoms. The number of nitrogens with one attached hydrogen (secondary N) is 2. The van der Waals surface area contributed by atoms with E-state index in [1.54, 1.807) is 6.20 Å². The van der Waals surface area contributed by atoms with E-state index in [1.165, 1.54) is 25.1 Å². The summed E-state index contributed by atoms with van der Waals surface area (Å²) in [5.74, 6) is 0.101. The topological polar surface area (TPSA) is 119 Å². The molecule has 2 aromatic heterocycles. The predicted molar refractivity (Wildman–Crippen MR) is 111 cm³/mol. The second-order valence-corrected chi connectivity index (χ2v) is 7.31. The van der Waals surface area contributed by atoms with Crippen molar-refractivity contribution in [3.8, 4) is 11.3 Å². The molecule has 1 aliphatic rings. The number of hydrogen-bond acceptors (Lipinski definition) is 7. The van der Waals surface area contributed by atoms with E-state index in [-0.39, 0.29) is 24.3 Å². The quantitative estimate of drug-likeness (QED) is 0.597. The number of ether oxygens (including phenoxy) is 1. The van der Waals surface area contributed by atoms with Gasteiger partial charge in [-0.05, 0) is 18.4 Å². The first-order valence-electron chi connectivity index (χ1n) is 10.1. The summed E-state index contributed by atoms with van der Waals surface area (Å²) in [7, 11) is 0. The van der Waals surface area contributed by atoms with E-state index >= 15 is 0 Å². The summed E-state index contributed by atoms with van der Waals surface area (Å²) in [6, 6.07) is 6.58. The third kappa shape index (κ3) is 5.52. The molecule has 0 saturated carbocycles. The minimum Gasteiger partial charge on any atom is -0.444 e. The van der Waals surface area contributed by atoms with Gasteiger partial charge < -0.3 is 19.8 Å². The largest absolute Gasteiger partial charge is 0.444 e. The average Bonchev–Trinajstić information content (AvgIpc) is 3.34. The molecule has 0 radical (unpaired) electrons. The summed E-state index contributed by atoms with van der Waals surface area (Å²) in [5, 5.41) is 5.83. The SMILES string of the molecule is O=C(Cc1ccc(-c2cnco2)cc1)NC(C(=O)NC1CCOCC1)c1cncnc1. The molecule has 160 valence electrons. The van der Waals surface area contributed by atoms with Gasteiger partial charge in [-0.1, -0.05) is 24.3 Å². The molecule has 1 fully saturated rings. The highest BCUT2D eigenvalue weighted by Gasteiger charge is 2.26. The molecule has 1 atom stereocenters. The van der Waals surface area contributed by atoms with E-state index in [1.807, 2.05) is 24.3 Å². The third-order valence-corrected chi connectivity index (χ3v) is 5.08. The molecule has 2 N–H and O–H groups in total. The van der Waals surface area contributed by atoms with Crippen LogP contribution in [-0.2, 0) is 20.7 Å². The van der Waals surface area contributed by atoms with E-state index in [0.717, 1.165) is 24.0 Å². The second kappa shape index (κ2) is 9.94. The van der Waals surface area contributed by atoms with E-state index in [0.29, 0.717) is 24.5 Å². The van der Waals surface area contributed by atoms with E-state index in [2.05, 4.69) is 25.6 Å². The van der Waals surface area contributed by atoms with Gasteiger partial charge in [-0.3, -0.25) is 9.59 Å². The number of carbonyl (C=O) groups excluding carboxylic acids is 2. The molecule has 3 heterocycles. The van der Waals surface area contributed by atoms with Crippen molar-refractivity contribution in [2.75, 3.05) is 13.2 Å². The van der Waals surface area contributed by atoms with E-state index in [4.69, 9.17) is 9.15 Å². The van der Waals surface area contributed by atoms with Crippen LogP contribution in [0.4, 0.5) is 0 Å². The van der Waals surface area contributed by atoms with Crippen molar-refractivity contribution in [2.24, 2.45) is 0 Å². The van der Waals surface area contributed by atoms with Gasteiger partial charge in [0.15, 0.2) is 12.2 Å². The first-order chi connectivity index (χ1) is 15.2. The van der Waals surface area contributed by atoms with Gasteiger partial charge in [-0.15, -0.1) is 0 Å². The van der Waals surface area contributed by atoms with E-state index in [9.17, 15) is 9.59 Å². The highest BCUT2D eigenvalue weighted by molar-refractivity contribution is 5.89. The minimum atomic E-state index is -0.870. The Kier molecular flexibility index (Phi) is 6.63. The average molecular weight is 421 g/mol. The van der Waals surface area contributed by atoms with Crippen LogP contribution in [0, 0.1) is 0 Å². The van der Waals surface area contributed by atoms with E-state index < -0.39 is 6.04 Å². The first-order valence-corrected chi connectivity index (χ1v) is 10.1. The Morgan fingerprint density at radius 1 is 1.03 bits per heavy atom. The Hall–Kier alpha value is -3.59. The molecule has 31 heavy (non-hydrogen) atoms. The molecular formula is C22H23N5O4. The molecule has 1 aromatic carbocycles. The fourth-order valence-electron chi connectivity index (χ4n) is 3.43. The standard InChI is InChI=1S/C22H23N5O4/c28-20(9-15-1-3-16(4-2-15)19-12-25-14-31-19)27-21(17-10-23-13-24-11-17)22(29)26-18-5-7-30-8-6-18/h1-4,10-14,18,21H,5-9H2,(H,26,29)(H,27,28). The third-order valence-electron chi connectivity index (χ3n) is 5.08. The van der Waals surface area contributed by atoms with Gasteiger partial charge in [-0.25, -0.2) is 15.0 Å². The van der Waals surface area contributed by atoms with Crippen molar-refractivity contribution >= 4 is 11.8 Å². The normalized spacial score (nSPS) is 15.2. The Bertz CT molecular complexity index is 987. The molecular weight excluding hydrogens is 398 g/mol. The number of rotatable bonds is 7. The van der Waals surface area contributed by atoms with Crippen LogP contribution in [0.2, 0.25) is 0 Å². The lowest BCUT2D eigenvalue weighted by Gasteiger charge is -2.26. The van der Waals surface area contributed by atoms with Crippen molar-refractivity contribution in [1.82, 2.24) is 25.6 Å². The maximum Gasteiger partial charge on any atom is 0.247 e. The number of nitrogens with zero attached hydrogens (tertiary/aromatic N) is 3. The fraction of sp³-hybridized carbons (Fsp3) is 0.318. The zero-order valence-corrected chi connectivity index (χ0v) is 16.9. The molecule has 0 aliphatic carbocycles. The summed E-state index contributed by atoms with van der Waals surface area (Å²) in [6.45, 7) is 1.22. The van der Waals surface area contributed by atoms with Gasteiger partial charge in [0.25, 0.3) is 0 Å². The lowest BCUT2D eigenvalue weighted by atomic mass is 10.0. The molecule has 9 heteroatoms. The molecule has 0 bridgehead atoms. The Morgan fingerprint density at radius 2 is 1.77 bits per heavy atom. The zero-order chi connectivity index (χ0) is 21.5. The number of aromatic nitrogens is 3. The lowest BCUT2D eigenvalue weighted by Crippen LogP contribution is -2.46. The molecule has 9 nitrogen and oxygen atoms in total. The van der Waals surface area contributed by atoms with Gasteiger partial charge in [-0.2, -0.15) is 0 Å². The molecule has 3 aromatic rings. The molecule has 1 aliphatic heterocycles. The van der Waals surface area contributed by atoms with Crippen LogP contribution in [0.5, 0.6) is 0 Å². The number of carbonyl (C=O) groups is 2. The van der Waals surface area contributed by atoms with Gasteiger partial charge in [0.1, 0.15) is 12.4 Å². The van der Waals surface area contributed by atoms with Crippen LogP contribution in [0.15, 0.2) is 60.0 Å². The van der Waals surface area contributed by atoms with Crippen LogP contribution in [-0.4, -0.2) is 46.0 Å². The predicted octanol–water partition coefficient (Wildman–Crippen LogP) is 1.83. The van der Waals surface area contributed by atoms with Gasteiger partial charge in [0.2, 0.25) is 11.8 Å². The van der Waals surface area contributed by atoms with Gasteiger partial charge in [0.05, 0.1) is 12.6 Å². The summed E-state index contributed by atoms with van der Waals surface area (Å²) in [6.07, 6.45) is 9.08. The van der Waals surface area contributed by atoms with Crippen LogP contribution in [0.1, 0.15) is 30.0 Å². The first kappa shape index (κ1) is 20.7. The van der Waals surface area contributed by atoms with Crippen molar-refractivity contribution in [2.45, 2.75) is 31.3 Å². The number of benzene rings is 1. The van der Waals surface area contributed by atoms with Crippen molar-refractivity contribution in [3.63, 3.8) is 0 Å². The number of amides is 2. The highest BCUT2D eigenvalue weighted by atomic mass is 16.5. The fourth-order valence-corrected chi connectivity index (χ4v) is 3.43. The van der Waals surface area contributed by atoms with Crippen LogP contribution in [0.25, 0.3) is 11.3 Å². The molecule has 1 saturated heterocycles. The summed E-state index contributed by atoms with van der Waals surface area (Å²) in [5.41, 5.74) is 2.21. The maximum atomic E-state index is 12.9. The van der Waals surface area contributed by atoms with Crippen molar-refractivity contribution < 1.29 is 18.7 Å². The Morgan fingerprint density at radius 3 is 2.45 bits per heavy atom. The summed E-state index contributed by atoms with van der Waals surface area (Å²) in [4.78, 5) is 37.5. The molecule has 2 amide bonds. The van der Waals surface area contributed by atoms with Gasteiger partial charge in [0, 0.05) is 42.8 Å². The van der Waals surface area contributed by atoms with Crippen molar-refractivity contribution in [3.05, 3.63) is 66.7 Å². The van der Waals surface area contributed by atoms with Crippen LogP contribution < -0.4 is 10.6 Å². The Balaban J connectivity index is 1.42. The molecule has 4 rings (SSSR count). The van der Waals surface area contributed by atoms with Crippen molar-refractivity contribution in [1.29, 1.82) is 0 Å². The minimum absolute atomic E-state index is 0.0221. The van der Waals surface area contributed by atoms with Crippen LogP contribution in [0.3, 0.4) is 0 Å². The zero-order valence-electron chi connectivity index (χ0n) is 16.9. The maximum absolute atomic E-state index is 12.9. The molecule has 1 unspecified atom stereocenters. The smallest absolute Gasteiger partial charge is 0.247 e. The van der Waals surface area contributed by atoms with Crippen LogP contribution >= 0.6 is 0 Å². The monoisotopic (exact) mass is 421 g/mol. The highest BCUT2D eigenvalue weighted by Crippen LogP contribution is 2.19. The lowest BCUT2D eigenvalue weighted by molar-refractivity contribution is -0.129. The number of oxazole rings is 1. The Labute approximate surface area is 179 Å².